The minimum atomic E-state index is -0.356. The molecule has 1 aliphatic carbocycles. The Balaban J connectivity index is 1.24. The van der Waals surface area contributed by atoms with E-state index in [0.717, 1.165) is 42.5 Å². The van der Waals surface area contributed by atoms with Crippen LogP contribution in [0.5, 0.6) is 0 Å². The molecule has 0 aromatic heterocycles. The maximum absolute atomic E-state index is 12.7. The maximum Gasteiger partial charge on any atom is 0.315 e. The Kier molecular flexibility index (Phi) is 6.82. The van der Waals surface area contributed by atoms with E-state index in [1.807, 2.05) is 29.2 Å². The lowest BCUT2D eigenvalue weighted by Crippen LogP contribution is -2.47. The minimum absolute atomic E-state index is 0.00538. The van der Waals surface area contributed by atoms with Crippen LogP contribution < -0.4 is 16.4 Å². The van der Waals surface area contributed by atoms with E-state index in [9.17, 15) is 9.59 Å². The van der Waals surface area contributed by atoms with Crippen molar-refractivity contribution < 1.29 is 9.59 Å². The lowest BCUT2D eigenvalue weighted by Gasteiger charge is -2.34. The number of benzene rings is 2. The summed E-state index contributed by atoms with van der Waals surface area (Å²) >= 11 is 0. The second-order valence-electron chi connectivity index (χ2n) is 9.01. The van der Waals surface area contributed by atoms with Crippen LogP contribution in [0.15, 0.2) is 61.7 Å². The molecule has 2 aliphatic rings. The smallest absolute Gasteiger partial charge is 0.315 e. The molecular weight excluding hydrogens is 412 g/mol. The number of hydrogen-bond acceptors (Lipinski definition) is 3. The quantitative estimate of drug-likeness (QED) is 0.588. The third-order valence-electron chi connectivity index (χ3n) is 6.73. The average molecular weight is 445 g/mol. The SMILES string of the molecule is C=C1c2ccccc2C(=C)C1CC1CCCN(C(=O)CNC(=O)NCc2ccc(N)cc2)C1. The molecule has 0 bridgehead atoms. The van der Waals surface area contributed by atoms with Crippen LogP contribution in [0.1, 0.15) is 36.0 Å². The van der Waals surface area contributed by atoms with Crippen molar-refractivity contribution in [1.82, 2.24) is 15.5 Å². The molecule has 1 heterocycles. The fraction of sp³-hybridized carbons (Fsp3) is 0.333. The minimum Gasteiger partial charge on any atom is -0.399 e. The molecule has 1 fully saturated rings. The summed E-state index contributed by atoms with van der Waals surface area (Å²) < 4.78 is 0. The summed E-state index contributed by atoms with van der Waals surface area (Å²) in [5.74, 6) is 0.587. The number of carbonyl (C=O) groups excluding carboxylic acids is 2. The predicted octanol–water partition coefficient (Wildman–Crippen LogP) is 4.05. The summed E-state index contributed by atoms with van der Waals surface area (Å²) in [5.41, 5.74) is 12.0. The maximum atomic E-state index is 12.7. The fourth-order valence-corrected chi connectivity index (χ4v) is 4.88. The van der Waals surface area contributed by atoms with Crippen molar-refractivity contribution in [3.05, 3.63) is 78.4 Å². The van der Waals surface area contributed by atoms with Crippen LogP contribution in [0.4, 0.5) is 10.5 Å². The van der Waals surface area contributed by atoms with Crippen LogP contribution >= 0.6 is 0 Å². The molecule has 1 unspecified atom stereocenters. The average Bonchev–Trinajstić information content (AvgIpc) is 3.07. The number of allylic oxidation sites excluding steroid dienone is 2. The van der Waals surface area contributed by atoms with Gasteiger partial charge in [-0.3, -0.25) is 4.79 Å². The molecule has 0 saturated carbocycles. The zero-order valence-corrected chi connectivity index (χ0v) is 19.0. The number of amides is 3. The van der Waals surface area contributed by atoms with Gasteiger partial charge in [0.15, 0.2) is 0 Å². The lowest BCUT2D eigenvalue weighted by atomic mass is 9.83. The van der Waals surface area contributed by atoms with Gasteiger partial charge in [-0.25, -0.2) is 4.79 Å². The number of hydrogen-bond donors (Lipinski definition) is 3. The molecule has 6 nitrogen and oxygen atoms in total. The highest BCUT2D eigenvalue weighted by molar-refractivity contribution is 5.93. The van der Waals surface area contributed by atoms with Crippen molar-refractivity contribution in [1.29, 1.82) is 0 Å². The van der Waals surface area contributed by atoms with Crippen molar-refractivity contribution in [2.24, 2.45) is 11.8 Å². The van der Waals surface area contributed by atoms with E-state index in [4.69, 9.17) is 5.73 Å². The Labute approximate surface area is 195 Å². The molecule has 2 aromatic rings. The van der Waals surface area contributed by atoms with Crippen molar-refractivity contribution in [3.8, 4) is 0 Å². The van der Waals surface area contributed by atoms with Gasteiger partial charge in [0.1, 0.15) is 0 Å². The number of anilines is 1. The van der Waals surface area contributed by atoms with Gasteiger partial charge in [-0.1, -0.05) is 49.6 Å². The molecule has 0 radical (unpaired) electrons. The standard InChI is InChI=1S/C27H32N4O2/c1-18-23-7-3-4-8-24(23)19(2)25(18)14-21-6-5-13-31(17-21)26(32)16-30-27(33)29-15-20-9-11-22(28)12-10-20/h3-4,7-12,21,25H,1-2,5-6,13-17,28H2,(H2,29,30,33). The normalized spacial score (nSPS) is 18.2. The van der Waals surface area contributed by atoms with Gasteiger partial charge in [-0.15, -0.1) is 0 Å². The third kappa shape index (κ3) is 5.28. The van der Waals surface area contributed by atoms with Crippen LogP contribution in [-0.4, -0.2) is 36.5 Å². The number of nitrogen functional groups attached to an aromatic ring is 1. The van der Waals surface area contributed by atoms with Gasteiger partial charge in [0.2, 0.25) is 5.91 Å². The van der Waals surface area contributed by atoms with E-state index in [-0.39, 0.29) is 24.4 Å². The fourth-order valence-electron chi connectivity index (χ4n) is 4.88. The van der Waals surface area contributed by atoms with Gasteiger partial charge < -0.3 is 21.3 Å². The number of urea groups is 1. The van der Waals surface area contributed by atoms with Gasteiger partial charge in [-0.2, -0.15) is 0 Å². The molecule has 0 spiro atoms. The van der Waals surface area contributed by atoms with E-state index in [1.165, 1.54) is 11.1 Å². The van der Waals surface area contributed by atoms with Crippen LogP contribution in [0, 0.1) is 11.8 Å². The summed E-state index contributed by atoms with van der Waals surface area (Å²) in [6, 6.07) is 15.3. The number of nitrogens with one attached hydrogen (secondary N) is 2. The van der Waals surface area contributed by atoms with E-state index < -0.39 is 0 Å². The molecule has 172 valence electrons. The van der Waals surface area contributed by atoms with Crippen LogP contribution in [0.2, 0.25) is 0 Å². The Morgan fingerprint density at radius 3 is 2.33 bits per heavy atom. The van der Waals surface area contributed by atoms with Crippen molar-refractivity contribution in [2.75, 3.05) is 25.4 Å². The van der Waals surface area contributed by atoms with E-state index >= 15 is 0 Å². The molecular formula is C27H32N4O2. The first kappa shape index (κ1) is 22.6. The van der Waals surface area contributed by atoms with Crippen LogP contribution in [0.3, 0.4) is 0 Å². The molecule has 2 aromatic carbocycles. The zero-order valence-electron chi connectivity index (χ0n) is 19.0. The number of nitrogens with zero attached hydrogens (tertiary/aromatic N) is 1. The second kappa shape index (κ2) is 9.94. The summed E-state index contributed by atoms with van der Waals surface area (Å²) in [6.07, 6.45) is 3.01. The molecule has 1 atom stereocenters. The van der Waals surface area contributed by atoms with Gasteiger partial charge in [0, 0.05) is 31.2 Å². The zero-order chi connectivity index (χ0) is 23.4. The third-order valence-corrected chi connectivity index (χ3v) is 6.73. The molecule has 1 aliphatic heterocycles. The topological polar surface area (TPSA) is 87.5 Å². The number of carbonyl (C=O) groups is 2. The van der Waals surface area contributed by atoms with Crippen molar-refractivity contribution >= 4 is 28.8 Å². The summed E-state index contributed by atoms with van der Waals surface area (Å²) in [7, 11) is 0. The molecule has 3 amide bonds. The van der Waals surface area contributed by atoms with Crippen molar-refractivity contribution in [2.45, 2.75) is 25.8 Å². The molecule has 4 rings (SSSR count). The van der Waals surface area contributed by atoms with E-state index in [1.54, 1.807) is 12.1 Å². The molecule has 33 heavy (non-hydrogen) atoms. The first-order valence-electron chi connectivity index (χ1n) is 11.5. The first-order valence-corrected chi connectivity index (χ1v) is 11.5. The number of fused-ring (bicyclic) bond motifs is 1. The Hall–Kier alpha value is -3.54. The Bertz CT molecular complexity index is 1030. The largest absolute Gasteiger partial charge is 0.399 e. The second-order valence-corrected chi connectivity index (χ2v) is 9.01. The highest BCUT2D eigenvalue weighted by Gasteiger charge is 2.33. The first-order chi connectivity index (χ1) is 15.9. The van der Waals surface area contributed by atoms with Crippen LogP contribution in [0.25, 0.3) is 11.1 Å². The highest BCUT2D eigenvalue weighted by atomic mass is 16.2. The van der Waals surface area contributed by atoms with Crippen molar-refractivity contribution in [3.63, 3.8) is 0 Å². The van der Waals surface area contributed by atoms with Gasteiger partial charge in [0.25, 0.3) is 0 Å². The summed E-state index contributed by atoms with van der Waals surface area (Å²) in [4.78, 5) is 26.7. The van der Waals surface area contributed by atoms with E-state index in [0.29, 0.717) is 24.7 Å². The monoisotopic (exact) mass is 444 g/mol. The van der Waals surface area contributed by atoms with Gasteiger partial charge in [0.05, 0.1) is 6.54 Å². The lowest BCUT2D eigenvalue weighted by molar-refractivity contribution is -0.131. The van der Waals surface area contributed by atoms with Gasteiger partial charge >= 0.3 is 6.03 Å². The number of rotatable bonds is 6. The number of nitrogens with two attached hydrogens (primary N) is 1. The van der Waals surface area contributed by atoms with E-state index in [2.05, 4.69) is 35.9 Å². The molecule has 1 saturated heterocycles. The number of piperidine rings is 1. The number of likely N-dealkylation sites (tertiary alicyclic amines) is 1. The highest BCUT2D eigenvalue weighted by Crippen LogP contribution is 2.47. The Morgan fingerprint density at radius 2 is 1.67 bits per heavy atom. The Morgan fingerprint density at radius 1 is 1.00 bits per heavy atom. The van der Waals surface area contributed by atoms with Gasteiger partial charge in [-0.05, 0) is 65.1 Å². The summed E-state index contributed by atoms with van der Waals surface area (Å²) in [5, 5.41) is 5.45. The summed E-state index contributed by atoms with van der Waals surface area (Å²) in [6.45, 7) is 10.5. The predicted molar refractivity (Wildman–Crippen MR) is 133 cm³/mol. The molecule has 6 heteroatoms. The van der Waals surface area contributed by atoms with Crippen LogP contribution in [-0.2, 0) is 11.3 Å². The molecule has 4 N–H and O–H groups in total.